The fourth-order valence-corrected chi connectivity index (χ4v) is 2.94. The molecule has 0 saturated carbocycles. The number of hydrogen-bond donors (Lipinski definition) is 4. The van der Waals surface area contributed by atoms with Crippen LogP contribution >= 0.6 is 18.8 Å². The average molecular weight is 704 g/mol. The van der Waals surface area contributed by atoms with Gasteiger partial charge in [-0.1, -0.05) is 30.8 Å². The van der Waals surface area contributed by atoms with Gasteiger partial charge in [-0.3, -0.25) is 14.4 Å². The molecule has 2 aromatic heterocycles. The van der Waals surface area contributed by atoms with Crippen LogP contribution in [0.15, 0.2) is 30.5 Å². The molecule has 0 aliphatic heterocycles. The first-order valence-electron chi connectivity index (χ1n) is 9.77. The summed E-state index contributed by atoms with van der Waals surface area (Å²) in [5.74, 6) is -3.62. The number of nitrogen functional groups attached to an aromatic ring is 2. The molecule has 35 heavy (non-hydrogen) atoms. The molecule has 15 heteroatoms. The Bertz CT molecular complexity index is 1200. The van der Waals surface area contributed by atoms with E-state index in [1.165, 1.54) is 18.3 Å². The zero-order valence-corrected chi connectivity index (χ0v) is 21.7. The quantitative estimate of drug-likeness (QED) is 0.225. The Kier molecular flexibility index (Phi) is 11.0. The van der Waals surface area contributed by atoms with Gasteiger partial charge in [0.2, 0.25) is 5.95 Å². The summed E-state index contributed by atoms with van der Waals surface area (Å²) in [5, 5.41) is 22.3. The summed E-state index contributed by atoms with van der Waals surface area (Å²) in [7, 11) is 9.75. The average Bonchev–Trinajstić information content (AvgIpc) is 2.81. The van der Waals surface area contributed by atoms with Crippen LogP contribution in [0.25, 0.3) is 16.5 Å². The third-order valence-corrected chi connectivity index (χ3v) is 4.60. The Morgan fingerprint density at radius 1 is 1.06 bits per heavy atom. The molecule has 1 unspecified atom stereocenters. The van der Waals surface area contributed by atoms with Crippen LogP contribution in [0.3, 0.4) is 0 Å². The first kappa shape index (κ1) is 28.2. The van der Waals surface area contributed by atoms with Gasteiger partial charge in [-0.15, -0.1) is 5.69 Å². The summed E-state index contributed by atoms with van der Waals surface area (Å²) in [5.41, 5.74) is 13.4. The molecule has 0 amide bonds. The van der Waals surface area contributed by atoms with Gasteiger partial charge >= 0.3 is 47.3 Å². The predicted octanol–water partition coefficient (Wildman–Crippen LogP) is 3.30. The van der Waals surface area contributed by atoms with Gasteiger partial charge in [0.15, 0.2) is 22.8 Å². The van der Waals surface area contributed by atoms with Gasteiger partial charge in [0.05, 0.1) is 5.92 Å². The molecule has 0 aliphatic rings. The van der Waals surface area contributed by atoms with Crippen LogP contribution in [0, 0.1) is 5.92 Å². The second kappa shape index (κ2) is 13.7. The first-order valence-corrected chi connectivity index (χ1v) is 15.4. The molecule has 3 aromatic rings. The number of benzene rings is 1. The van der Waals surface area contributed by atoms with E-state index in [1.807, 2.05) is 0 Å². The number of Topliss-reactive ketones (excluding diaryl/α,β-unsaturated/α-hetero) is 1. The molecule has 0 spiro atoms. The van der Waals surface area contributed by atoms with Crippen molar-refractivity contribution in [3.63, 3.8) is 0 Å². The number of ketones is 1. The number of nitrogens with zero attached hydrogens (tertiary/aromatic N) is 5. The molecule has 0 aliphatic carbocycles. The molecular weight excluding hydrogens is 684 g/mol. The molecule has 1 aromatic carbocycles. The topological polar surface area (TPSA) is 209 Å². The van der Waals surface area contributed by atoms with E-state index in [2.05, 4.69) is 25.3 Å². The molecule has 0 radical (unpaired) electrons. The number of carbonyl (C=O) groups is 3. The van der Waals surface area contributed by atoms with E-state index in [4.69, 9.17) is 35.4 Å². The van der Waals surface area contributed by atoms with Gasteiger partial charge in [-0.25, -0.2) is 9.97 Å². The number of carboxylic acid groups (broad SMARTS) is 2. The maximum absolute atomic E-state index is 12.4. The number of aromatic nitrogens is 4. The fourth-order valence-electron chi connectivity index (χ4n) is 2.94. The van der Waals surface area contributed by atoms with E-state index >= 15 is 0 Å². The standard InChI is InChI=1S/C20H21N7O5.2ClH.Pt/c21-17-16-18(27-20(22)26-17)24-9-13(25-16)8-23-12-4-1-10(2-5-12)14(28)7-11(19(31)32)3-6-15(29)30;;;/h1-2,4-5,9,11H,3,6-8H2,(H7,21,22,23,24,26,27,28,29,30,31,32);2*1H;/q;;;+2/p-3. The number of nitrogens with two attached hydrogens (primary N) is 2. The Hall–Kier alpha value is -3.08. The van der Waals surface area contributed by atoms with E-state index < -0.39 is 34.3 Å². The summed E-state index contributed by atoms with van der Waals surface area (Å²) >= 11 is -0.472. The third kappa shape index (κ3) is 8.89. The maximum atomic E-state index is 12.4. The number of rotatable bonds is 10. The van der Waals surface area contributed by atoms with Crippen LogP contribution in [0.1, 0.15) is 35.3 Å². The zero-order chi connectivity index (χ0) is 26.0. The van der Waals surface area contributed by atoms with Crippen LogP contribution in [0.2, 0.25) is 0 Å². The SMILES string of the molecule is Nc1nc(N)c2nc(C[N-]c3ccc(C(=O)CC(CCC(=O)O)C(=O)O)cc3)cnc2n1.[Cl][Pt][Cl]. The molecule has 2 heterocycles. The Morgan fingerprint density at radius 2 is 1.71 bits per heavy atom. The van der Waals surface area contributed by atoms with Crippen molar-refractivity contribution in [2.75, 3.05) is 11.5 Å². The molecule has 1 atom stereocenters. The minimum atomic E-state index is -1.20. The number of aliphatic carboxylic acids is 2. The van der Waals surface area contributed by atoms with Crippen molar-refractivity contribution in [2.24, 2.45) is 5.92 Å². The Balaban J connectivity index is 0.00000137. The van der Waals surface area contributed by atoms with Crippen molar-refractivity contribution >= 4 is 65.2 Å². The number of carboxylic acids is 2. The number of hydrogen-bond acceptors (Lipinski definition) is 9. The van der Waals surface area contributed by atoms with Gasteiger partial charge in [0, 0.05) is 30.3 Å². The van der Waals surface area contributed by atoms with Crippen LogP contribution in [-0.2, 0) is 32.6 Å². The van der Waals surface area contributed by atoms with Gasteiger partial charge in [0.25, 0.3) is 0 Å². The normalized spacial score (nSPS) is 11.4. The second-order valence-corrected chi connectivity index (χ2v) is 10.3. The van der Waals surface area contributed by atoms with Crippen LogP contribution in [0.4, 0.5) is 17.5 Å². The van der Waals surface area contributed by atoms with E-state index in [-0.39, 0.29) is 49.0 Å². The Labute approximate surface area is 215 Å². The summed E-state index contributed by atoms with van der Waals surface area (Å²) < 4.78 is 0. The molecular formula is C20H20Cl2N7O5Pt-. The summed E-state index contributed by atoms with van der Waals surface area (Å²) in [4.78, 5) is 50.6. The van der Waals surface area contributed by atoms with Crippen molar-refractivity contribution in [3.05, 3.63) is 47.0 Å². The van der Waals surface area contributed by atoms with Crippen molar-refractivity contribution in [3.8, 4) is 0 Å². The van der Waals surface area contributed by atoms with Gasteiger partial charge in [0.1, 0.15) is 0 Å². The zero-order valence-electron chi connectivity index (χ0n) is 17.9. The van der Waals surface area contributed by atoms with Crippen LogP contribution in [-0.4, -0.2) is 47.9 Å². The van der Waals surface area contributed by atoms with Gasteiger partial charge in [-0.2, -0.15) is 9.97 Å². The van der Waals surface area contributed by atoms with Crippen molar-refractivity contribution < 1.29 is 41.1 Å². The summed E-state index contributed by atoms with van der Waals surface area (Å²) in [6, 6.07) is 6.32. The van der Waals surface area contributed by atoms with E-state index in [0.717, 1.165) is 0 Å². The Morgan fingerprint density at radius 3 is 2.31 bits per heavy atom. The van der Waals surface area contributed by atoms with E-state index in [9.17, 15) is 19.5 Å². The predicted molar refractivity (Wildman–Crippen MR) is 126 cm³/mol. The molecule has 6 N–H and O–H groups in total. The van der Waals surface area contributed by atoms with Crippen molar-refractivity contribution in [2.45, 2.75) is 25.8 Å². The summed E-state index contributed by atoms with van der Waals surface area (Å²) in [6.07, 6.45) is 0.794. The minimum absolute atomic E-state index is 0.00735. The number of anilines is 2. The van der Waals surface area contributed by atoms with E-state index in [1.54, 1.807) is 12.1 Å². The van der Waals surface area contributed by atoms with E-state index in [0.29, 0.717) is 22.5 Å². The van der Waals surface area contributed by atoms with Crippen molar-refractivity contribution in [1.29, 1.82) is 0 Å². The molecule has 0 bridgehead atoms. The van der Waals surface area contributed by atoms with Crippen molar-refractivity contribution in [1.82, 2.24) is 19.9 Å². The molecule has 0 saturated heterocycles. The number of carbonyl (C=O) groups excluding carboxylic acids is 1. The molecule has 3 rings (SSSR count). The number of fused-ring (bicyclic) bond motifs is 1. The third-order valence-electron chi connectivity index (χ3n) is 4.60. The summed E-state index contributed by atoms with van der Waals surface area (Å²) in [6.45, 7) is 0.191. The first-order chi connectivity index (χ1) is 16.6. The monoisotopic (exact) mass is 703 g/mol. The number of halogens is 2. The molecule has 12 nitrogen and oxygen atoms in total. The van der Waals surface area contributed by atoms with Gasteiger partial charge < -0.3 is 27.0 Å². The van der Waals surface area contributed by atoms with Gasteiger partial charge in [-0.05, 0) is 6.42 Å². The molecule has 0 fully saturated rings. The van der Waals surface area contributed by atoms with Crippen LogP contribution < -0.4 is 11.5 Å². The fraction of sp³-hybridized carbons (Fsp3) is 0.250. The van der Waals surface area contributed by atoms with Crippen LogP contribution in [0.5, 0.6) is 0 Å². The molecule has 190 valence electrons. The second-order valence-electron chi connectivity index (χ2n) is 7.00.